The molecule has 0 atom stereocenters. The van der Waals surface area contributed by atoms with Crippen molar-refractivity contribution in [3.8, 4) is 22.1 Å². The summed E-state index contributed by atoms with van der Waals surface area (Å²) < 4.78 is 10.9. The van der Waals surface area contributed by atoms with Gasteiger partial charge in [-0.25, -0.2) is 10.4 Å². The second-order valence-corrected chi connectivity index (χ2v) is 7.88. The zero-order valence-corrected chi connectivity index (χ0v) is 17.4. The first-order chi connectivity index (χ1) is 14.0. The highest BCUT2D eigenvalue weighted by atomic mass is 35.5. The Morgan fingerprint density at radius 2 is 2.21 bits per heavy atom. The van der Waals surface area contributed by atoms with Crippen molar-refractivity contribution in [1.82, 2.24) is 10.4 Å². The smallest absolute Gasteiger partial charge is 0.283 e. The van der Waals surface area contributed by atoms with Gasteiger partial charge in [0.1, 0.15) is 21.4 Å². The summed E-state index contributed by atoms with van der Waals surface area (Å²) >= 11 is 7.31. The maximum atomic E-state index is 12.6. The van der Waals surface area contributed by atoms with E-state index in [1.807, 2.05) is 24.3 Å². The highest BCUT2D eigenvalue weighted by Crippen LogP contribution is 2.36. The summed E-state index contributed by atoms with van der Waals surface area (Å²) in [5.41, 5.74) is 6.05. The number of rotatable bonds is 5. The monoisotopic (exact) mass is 427 g/mol. The van der Waals surface area contributed by atoms with Crippen LogP contribution in [0.3, 0.4) is 0 Å². The van der Waals surface area contributed by atoms with Crippen molar-refractivity contribution in [2.45, 2.75) is 13.3 Å². The molecule has 0 fully saturated rings. The average molecular weight is 428 g/mol. The van der Waals surface area contributed by atoms with Crippen molar-refractivity contribution < 1.29 is 14.3 Å². The maximum Gasteiger partial charge on any atom is 0.283 e. The van der Waals surface area contributed by atoms with Gasteiger partial charge in [0, 0.05) is 11.4 Å². The number of carbonyl (C=O) groups excluding carboxylic acids is 1. The summed E-state index contributed by atoms with van der Waals surface area (Å²) in [6.07, 6.45) is 2.51. The lowest BCUT2D eigenvalue weighted by molar-refractivity contribution is 0.0958. The fourth-order valence-electron chi connectivity index (χ4n) is 3.07. The summed E-state index contributed by atoms with van der Waals surface area (Å²) in [5, 5.41) is 5.34. The van der Waals surface area contributed by atoms with Gasteiger partial charge in [-0.05, 0) is 54.4 Å². The number of benzene rings is 2. The minimum absolute atomic E-state index is 0.306. The Bertz CT molecular complexity index is 1110. The number of ether oxygens (including phenoxy) is 2. The zero-order chi connectivity index (χ0) is 20.4. The number of halogens is 1. The molecule has 1 aliphatic heterocycles. The highest BCUT2D eigenvalue weighted by Gasteiger charge is 2.18. The predicted molar refractivity (Wildman–Crippen MR) is 115 cm³/mol. The van der Waals surface area contributed by atoms with Gasteiger partial charge in [-0.2, -0.15) is 5.10 Å². The number of amides is 1. The molecule has 6 nitrogen and oxygen atoms in total. The van der Waals surface area contributed by atoms with Gasteiger partial charge in [0.25, 0.3) is 5.91 Å². The van der Waals surface area contributed by atoms with E-state index in [0.29, 0.717) is 33.0 Å². The highest BCUT2D eigenvalue weighted by molar-refractivity contribution is 7.17. The minimum atomic E-state index is -0.306. The molecule has 1 aliphatic rings. The summed E-state index contributed by atoms with van der Waals surface area (Å²) in [6.45, 7) is 2.50. The number of hydrazone groups is 1. The van der Waals surface area contributed by atoms with Gasteiger partial charge in [-0.15, -0.1) is 11.3 Å². The van der Waals surface area contributed by atoms with Crippen molar-refractivity contribution in [2.24, 2.45) is 5.10 Å². The number of hydrogen-bond acceptors (Lipinski definition) is 6. The lowest BCUT2D eigenvalue weighted by Gasteiger charge is -2.05. The van der Waals surface area contributed by atoms with Crippen LogP contribution in [0.1, 0.15) is 26.5 Å². The number of methoxy groups -OCH3 is 1. The van der Waals surface area contributed by atoms with Gasteiger partial charge in [-0.3, -0.25) is 4.79 Å². The summed E-state index contributed by atoms with van der Waals surface area (Å²) in [4.78, 5) is 17.6. The summed E-state index contributed by atoms with van der Waals surface area (Å²) in [5.74, 6) is 1.22. The van der Waals surface area contributed by atoms with E-state index >= 15 is 0 Å². The van der Waals surface area contributed by atoms with Gasteiger partial charge in [0.2, 0.25) is 0 Å². The molecule has 0 radical (unpaired) electrons. The Kier molecular flexibility index (Phi) is 5.51. The fourth-order valence-corrected chi connectivity index (χ4v) is 4.22. The van der Waals surface area contributed by atoms with Crippen molar-refractivity contribution in [3.05, 3.63) is 63.1 Å². The van der Waals surface area contributed by atoms with Crippen molar-refractivity contribution in [3.63, 3.8) is 0 Å². The quantitative estimate of drug-likeness (QED) is 0.481. The van der Waals surface area contributed by atoms with Crippen LogP contribution in [0.4, 0.5) is 0 Å². The number of thiazole rings is 1. The van der Waals surface area contributed by atoms with E-state index in [9.17, 15) is 4.79 Å². The molecule has 2 aromatic carbocycles. The van der Waals surface area contributed by atoms with E-state index in [4.69, 9.17) is 21.1 Å². The molecule has 2 heterocycles. The van der Waals surface area contributed by atoms with Crippen LogP contribution >= 0.6 is 22.9 Å². The van der Waals surface area contributed by atoms with Gasteiger partial charge in [0.05, 0.1) is 31.2 Å². The Hall–Kier alpha value is -2.90. The molecule has 1 amide bonds. The molecule has 8 heteroatoms. The molecule has 29 heavy (non-hydrogen) atoms. The third-order valence-corrected chi connectivity index (χ3v) is 5.91. The molecule has 0 unspecified atom stereocenters. The molecular formula is C21H18ClN3O3S. The number of fused-ring (bicyclic) bond motifs is 1. The molecule has 0 spiro atoms. The van der Waals surface area contributed by atoms with Crippen LogP contribution in [0, 0.1) is 6.92 Å². The lowest BCUT2D eigenvalue weighted by Crippen LogP contribution is -2.17. The van der Waals surface area contributed by atoms with Crippen molar-refractivity contribution in [1.29, 1.82) is 0 Å². The Morgan fingerprint density at radius 1 is 1.34 bits per heavy atom. The van der Waals surface area contributed by atoms with Gasteiger partial charge < -0.3 is 9.47 Å². The first kappa shape index (κ1) is 19.4. The molecular weight excluding hydrogens is 410 g/mol. The second kappa shape index (κ2) is 8.23. The van der Waals surface area contributed by atoms with Gasteiger partial charge >= 0.3 is 0 Å². The van der Waals surface area contributed by atoms with Crippen LogP contribution in [0.25, 0.3) is 10.6 Å². The number of nitrogens with zero attached hydrogens (tertiary/aromatic N) is 2. The molecule has 0 bridgehead atoms. The molecule has 148 valence electrons. The molecule has 1 aromatic heterocycles. The van der Waals surface area contributed by atoms with Crippen LogP contribution in [0.15, 0.2) is 41.5 Å². The number of nitrogens with one attached hydrogen (secondary N) is 1. The molecule has 4 rings (SSSR count). The van der Waals surface area contributed by atoms with Crippen LogP contribution in [0.5, 0.6) is 11.5 Å². The number of aromatic nitrogens is 1. The summed E-state index contributed by atoms with van der Waals surface area (Å²) in [7, 11) is 1.57. The largest absolute Gasteiger partial charge is 0.496 e. The first-order valence-electron chi connectivity index (χ1n) is 8.95. The summed E-state index contributed by atoms with van der Waals surface area (Å²) in [6, 6.07) is 11.2. The fraction of sp³-hybridized carbons (Fsp3) is 0.190. The van der Waals surface area contributed by atoms with Gasteiger partial charge in [0.15, 0.2) is 0 Å². The van der Waals surface area contributed by atoms with Crippen LogP contribution in [0.2, 0.25) is 5.02 Å². The molecule has 3 aromatic rings. The van der Waals surface area contributed by atoms with E-state index in [1.54, 1.807) is 32.4 Å². The van der Waals surface area contributed by atoms with E-state index in [0.717, 1.165) is 28.9 Å². The minimum Gasteiger partial charge on any atom is -0.496 e. The van der Waals surface area contributed by atoms with E-state index in [1.165, 1.54) is 11.3 Å². The SMILES string of the molecule is COc1cc(Cl)ccc1-c1nc(C)c(C(=O)N/N=C/c2ccc3c(c2)CCO3)s1. The van der Waals surface area contributed by atoms with Crippen LogP contribution < -0.4 is 14.9 Å². The van der Waals surface area contributed by atoms with E-state index < -0.39 is 0 Å². The zero-order valence-electron chi connectivity index (χ0n) is 15.9. The lowest BCUT2D eigenvalue weighted by atomic mass is 10.1. The van der Waals surface area contributed by atoms with Crippen molar-refractivity contribution >= 4 is 35.1 Å². The number of hydrogen-bond donors (Lipinski definition) is 1. The van der Waals surface area contributed by atoms with E-state index in [-0.39, 0.29) is 5.91 Å². The maximum absolute atomic E-state index is 12.6. The van der Waals surface area contributed by atoms with Crippen LogP contribution in [-0.2, 0) is 6.42 Å². The second-order valence-electron chi connectivity index (χ2n) is 6.44. The Balaban J connectivity index is 1.50. The Labute approximate surface area is 177 Å². The first-order valence-corrected chi connectivity index (χ1v) is 10.1. The molecule has 0 saturated heterocycles. The third-order valence-electron chi connectivity index (χ3n) is 4.49. The normalized spacial score (nSPS) is 12.7. The third kappa shape index (κ3) is 4.11. The topological polar surface area (TPSA) is 72.8 Å². The number of carbonyl (C=O) groups is 1. The number of aryl methyl sites for hydroxylation is 1. The Morgan fingerprint density at radius 3 is 3.03 bits per heavy atom. The predicted octanol–water partition coefficient (Wildman–Crippen LogP) is 4.48. The van der Waals surface area contributed by atoms with E-state index in [2.05, 4.69) is 15.5 Å². The average Bonchev–Trinajstić information content (AvgIpc) is 3.33. The molecule has 1 N–H and O–H groups in total. The molecule has 0 saturated carbocycles. The van der Waals surface area contributed by atoms with Crippen molar-refractivity contribution in [2.75, 3.05) is 13.7 Å². The van der Waals surface area contributed by atoms with Gasteiger partial charge in [-0.1, -0.05) is 11.6 Å². The molecule has 0 aliphatic carbocycles. The van der Waals surface area contributed by atoms with Crippen LogP contribution in [-0.4, -0.2) is 30.8 Å². The standard InChI is InChI=1S/C21H18ClN3O3S/c1-12-19(29-21(24-12)16-5-4-15(22)10-18(16)27-2)20(26)25-23-11-13-3-6-17-14(9-13)7-8-28-17/h3-6,9-11H,7-8H2,1-2H3,(H,25,26)/b23-11+.